The van der Waals surface area contributed by atoms with Gasteiger partial charge in [-0.3, -0.25) is 10.1 Å². The van der Waals surface area contributed by atoms with Crippen molar-refractivity contribution in [3.05, 3.63) is 34.1 Å². The molecule has 0 bridgehead atoms. The summed E-state index contributed by atoms with van der Waals surface area (Å²) in [6.07, 6.45) is 1.56. The number of carbonyl (C=O) groups is 1. The van der Waals surface area contributed by atoms with Crippen LogP contribution in [0.1, 0.15) is 6.42 Å². The van der Waals surface area contributed by atoms with Crippen LogP contribution in [0.5, 0.6) is 0 Å². The maximum absolute atomic E-state index is 13.7. The summed E-state index contributed by atoms with van der Waals surface area (Å²) in [6, 6.07) is 3.57. The highest BCUT2D eigenvalue weighted by atomic mass is 19.1. The second-order valence-corrected chi connectivity index (χ2v) is 4.02. The van der Waals surface area contributed by atoms with Crippen molar-refractivity contribution in [3.8, 4) is 0 Å². The van der Waals surface area contributed by atoms with Gasteiger partial charge in [0.15, 0.2) is 5.82 Å². The quantitative estimate of drug-likeness (QED) is 0.457. The van der Waals surface area contributed by atoms with Crippen molar-refractivity contribution in [2.75, 3.05) is 18.0 Å². The lowest BCUT2D eigenvalue weighted by molar-refractivity contribution is -0.385. The molecule has 1 aromatic carbocycles. The molecule has 90 valence electrons. The van der Waals surface area contributed by atoms with E-state index in [0.29, 0.717) is 25.2 Å². The van der Waals surface area contributed by atoms with Gasteiger partial charge in [0.05, 0.1) is 16.7 Å². The van der Waals surface area contributed by atoms with E-state index in [2.05, 4.69) is 0 Å². The summed E-state index contributed by atoms with van der Waals surface area (Å²) >= 11 is 0. The zero-order valence-corrected chi connectivity index (χ0v) is 9.01. The van der Waals surface area contributed by atoms with Gasteiger partial charge in [0.25, 0.3) is 5.69 Å². The molecule has 1 fully saturated rings. The first-order valence-corrected chi connectivity index (χ1v) is 5.26. The van der Waals surface area contributed by atoms with Gasteiger partial charge in [-0.15, -0.1) is 0 Å². The molecular weight excluding hydrogens is 227 g/mol. The molecule has 1 saturated heterocycles. The minimum absolute atomic E-state index is 0.0791. The normalized spacial score (nSPS) is 19.4. The standard InChI is InChI=1S/C11H11FN2O3/c12-10-5-9(14(16)17)1-2-11(10)13-4-3-8(6-13)7-15/h1-2,5,7-8H,3-4,6H2. The number of nitro groups is 1. The van der Waals surface area contributed by atoms with Gasteiger partial charge in [0.2, 0.25) is 0 Å². The van der Waals surface area contributed by atoms with Crippen molar-refractivity contribution >= 4 is 17.7 Å². The Kier molecular flexibility index (Phi) is 3.03. The van der Waals surface area contributed by atoms with E-state index in [0.717, 1.165) is 12.4 Å². The van der Waals surface area contributed by atoms with Crippen molar-refractivity contribution in [2.45, 2.75) is 6.42 Å². The number of nitrogens with zero attached hydrogens (tertiary/aromatic N) is 2. The molecule has 5 nitrogen and oxygen atoms in total. The van der Waals surface area contributed by atoms with E-state index >= 15 is 0 Å². The Morgan fingerprint density at radius 1 is 1.53 bits per heavy atom. The van der Waals surface area contributed by atoms with E-state index in [1.54, 1.807) is 4.90 Å². The van der Waals surface area contributed by atoms with Gasteiger partial charge in [-0.25, -0.2) is 4.39 Å². The Balaban J connectivity index is 2.22. The number of aldehydes is 1. The van der Waals surface area contributed by atoms with Crippen LogP contribution in [0.25, 0.3) is 0 Å². The first-order valence-electron chi connectivity index (χ1n) is 5.26. The molecule has 1 aliphatic heterocycles. The minimum Gasteiger partial charge on any atom is -0.368 e. The molecule has 0 saturated carbocycles. The number of anilines is 1. The largest absolute Gasteiger partial charge is 0.368 e. The predicted molar refractivity (Wildman–Crippen MR) is 59.4 cm³/mol. The third kappa shape index (κ3) is 2.25. The summed E-state index contributed by atoms with van der Waals surface area (Å²) in [5.74, 6) is -0.699. The molecule has 2 rings (SSSR count). The summed E-state index contributed by atoms with van der Waals surface area (Å²) in [6.45, 7) is 1.07. The number of benzene rings is 1. The number of hydrogen-bond acceptors (Lipinski definition) is 4. The van der Waals surface area contributed by atoms with Crippen LogP contribution in [0.3, 0.4) is 0 Å². The average Bonchev–Trinajstić information content (AvgIpc) is 2.77. The Morgan fingerprint density at radius 2 is 2.29 bits per heavy atom. The van der Waals surface area contributed by atoms with E-state index in [1.807, 2.05) is 0 Å². The predicted octanol–water partition coefficient (Wildman–Crippen LogP) is 1.76. The molecule has 0 spiro atoms. The first-order chi connectivity index (χ1) is 8.11. The lowest BCUT2D eigenvalue weighted by atomic mass is 10.1. The highest BCUT2D eigenvalue weighted by Crippen LogP contribution is 2.28. The van der Waals surface area contributed by atoms with E-state index < -0.39 is 10.7 Å². The van der Waals surface area contributed by atoms with E-state index in [1.165, 1.54) is 12.1 Å². The number of hydrogen-bond donors (Lipinski definition) is 0. The fourth-order valence-corrected chi connectivity index (χ4v) is 1.98. The average molecular weight is 238 g/mol. The number of halogens is 1. The zero-order chi connectivity index (χ0) is 12.4. The van der Waals surface area contributed by atoms with Crippen LogP contribution in [0, 0.1) is 21.8 Å². The van der Waals surface area contributed by atoms with Gasteiger partial charge in [-0.05, 0) is 12.5 Å². The lowest BCUT2D eigenvalue weighted by Gasteiger charge is -2.18. The van der Waals surface area contributed by atoms with Crippen molar-refractivity contribution in [3.63, 3.8) is 0 Å². The maximum Gasteiger partial charge on any atom is 0.272 e. The van der Waals surface area contributed by atoms with Gasteiger partial charge in [0.1, 0.15) is 6.29 Å². The Labute approximate surface area is 97.0 Å². The molecule has 1 heterocycles. The molecule has 6 heteroatoms. The molecule has 1 aromatic rings. The van der Waals surface area contributed by atoms with E-state index in [4.69, 9.17) is 0 Å². The number of nitro benzene ring substituents is 1. The molecule has 0 aromatic heterocycles. The van der Waals surface area contributed by atoms with Gasteiger partial charge < -0.3 is 9.69 Å². The third-order valence-electron chi connectivity index (χ3n) is 2.90. The van der Waals surface area contributed by atoms with Crippen LogP contribution in [-0.4, -0.2) is 24.3 Å². The summed E-state index contributed by atoms with van der Waals surface area (Å²) in [5.41, 5.74) is 0.0531. The molecule has 0 aliphatic carbocycles. The fourth-order valence-electron chi connectivity index (χ4n) is 1.98. The fraction of sp³-hybridized carbons (Fsp3) is 0.364. The summed E-state index contributed by atoms with van der Waals surface area (Å²) < 4.78 is 13.7. The van der Waals surface area contributed by atoms with Gasteiger partial charge in [-0.2, -0.15) is 0 Å². The van der Waals surface area contributed by atoms with Crippen molar-refractivity contribution in [1.29, 1.82) is 0 Å². The smallest absolute Gasteiger partial charge is 0.272 e. The second-order valence-electron chi connectivity index (χ2n) is 4.02. The van der Waals surface area contributed by atoms with Crippen LogP contribution in [-0.2, 0) is 4.79 Å². The molecule has 0 N–H and O–H groups in total. The maximum atomic E-state index is 13.7. The Morgan fingerprint density at radius 3 is 2.82 bits per heavy atom. The summed E-state index contributed by atoms with van der Waals surface area (Å²) in [7, 11) is 0. The Bertz CT molecular complexity index is 464. The molecule has 1 aliphatic rings. The van der Waals surface area contributed by atoms with Crippen molar-refractivity contribution in [1.82, 2.24) is 0 Å². The van der Waals surface area contributed by atoms with E-state index in [-0.39, 0.29) is 11.6 Å². The highest BCUT2D eigenvalue weighted by molar-refractivity contribution is 5.59. The van der Waals surface area contributed by atoms with E-state index in [9.17, 15) is 19.3 Å². The molecular formula is C11H11FN2O3. The third-order valence-corrected chi connectivity index (χ3v) is 2.90. The van der Waals surface area contributed by atoms with Crippen LogP contribution in [0.4, 0.5) is 15.8 Å². The molecule has 17 heavy (non-hydrogen) atoms. The summed E-state index contributed by atoms with van der Waals surface area (Å²) in [5, 5.41) is 10.5. The van der Waals surface area contributed by atoms with Crippen molar-refractivity contribution < 1.29 is 14.1 Å². The topological polar surface area (TPSA) is 63.5 Å². The molecule has 0 amide bonds. The van der Waals surface area contributed by atoms with Crippen LogP contribution < -0.4 is 4.90 Å². The van der Waals surface area contributed by atoms with Gasteiger partial charge in [0, 0.05) is 25.1 Å². The molecule has 1 unspecified atom stereocenters. The minimum atomic E-state index is -0.634. The van der Waals surface area contributed by atoms with Gasteiger partial charge in [-0.1, -0.05) is 0 Å². The monoisotopic (exact) mass is 238 g/mol. The number of carbonyl (C=O) groups excluding carboxylic acids is 1. The Hall–Kier alpha value is -1.98. The molecule has 1 atom stereocenters. The SMILES string of the molecule is O=CC1CCN(c2ccc([N+](=O)[O-])cc2F)C1. The molecule has 0 radical (unpaired) electrons. The second kappa shape index (κ2) is 4.48. The van der Waals surface area contributed by atoms with Crippen LogP contribution >= 0.6 is 0 Å². The highest BCUT2D eigenvalue weighted by Gasteiger charge is 2.24. The lowest BCUT2D eigenvalue weighted by Crippen LogP contribution is -2.21. The van der Waals surface area contributed by atoms with Crippen molar-refractivity contribution in [2.24, 2.45) is 5.92 Å². The first kappa shape index (κ1) is 11.5. The number of rotatable bonds is 3. The summed E-state index contributed by atoms with van der Waals surface area (Å²) in [4.78, 5) is 22.2. The zero-order valence-electron chi connectivity index (χ0n) is 9.01. The number of non-ortho nitro benzene ring substituents is 1. The van der Waals surface area contributed by atoms with Crippen LogP contribution in [0.2, 0.25) is 0 Å². The van der Waals surface area contributed by atoms with Gasteiger partial charge >= 0.3 is 0 Å². The van der Waals surface area contributed by atoms with Crippen LogP contribution in [0.15, 0.2) is 18.2 Å².